The lowest BCUT2D eigenvalue weighted by Gasteiger charge is -2.19. The normalized spacial score (nSPS) is 14.4. The Morgan fingerprint density at radius 2 is 1.32 bits per heavy atom. The number of ether oxygens (including phenoxy) is 2. The highest BCUT2D eigenvalue weighted by Crippen LogP contribution is 2.43. The van der Waals surface area contributed by atoms with Crippen molar-refractivity contribution >= 4 is 19.8 Å². The van der Waals surface area contributed by atoms with Gasteiger partial charge in [0.1, 0.15) is 18.1 Å². The minimum absolute atomic E-state index is 0.0294. The summed E-state index contributed by atoms with van der Waals surface area (Å²) in [6.45, 7) is 7.51. The van der Waals surface area contributed by atoms with Crippen LogP contribution in [0.2, 0.25) is 0 Å². The van der Waals surface area contributed by atoms with E-state index in [0.29, 0.717) is 25.7 Å². The second-order valence-corrected chi connectivity index (χ2v) is 15.7. The van der Waals surface area contributed by atoms with Crippen molar-refractivity contribution in [3.8, 4) is 0 Å². The molecule has 1 aromatic rings. The van der Waals surface area contributed by atoms with Gasteiger partial charge in [0, 0.05) is 32.2 Å². The topological polar surface area (TPSA) is 168 Å². The number of allylic oxidation sites excluding steroid dienone is 9. The molecule has 0 amide bonds. The summed E-state index contributed by atoms with van der Waals surface area (Å²) in [5.74, 6) is 1.34. The maximum atomic E-state index is 12.6. The maximum Gasteiger partial charge on any atom is 0.472 e. The van der Waals surface area contributed by atoms with Crippen molar-refractivity contribution in [2.75, 3.05) is 26.4 Å². The Balaban J connectivity index is 2.30. The molecule has 0 fully saturated rings. The monoisotopic (exact) mass is 820 g/mol. The number of rotatable bonds is 35. The molecule has 0 saturated carbocycles. The van der Waals surface area contributed by atoms with Crippen LogP contribution >= 0.6 is 7.82 Å². The quantitative estimate of drug-likeness (QED) is 0.0196. The molecule has 0 aliphatic carbocycles. The first-order valence-electron chi connectivity index (χ1n) is 21.2. The molecule has 0 aliphatic heterocycles. The number of furan rings is 1. The van der Waals surface area contributed by atoms with E-state index < -0.39 is 32.5 Å². The van der Waals surface area contributed by atoms with Gasteiger partial charge < -0.3 is 29.6 Å². The fraction of sp³-hybridized carbons (Fsp3) is 0.644. The van der Waals surface area contributed by atoms with Crippen LogP contribution in [0.5, 0.6) is 0 Å². The second-order valence-electron chi connectivity index (χ2n) is 14.3. The van der Waals surface area contributed by atoms with Gasteiger partial charge in [-0.1, -0.05) is 113 Å². The van der Waals surface area contributed by atoms with Crippen molar-refractivity contribution < 1.29 is 47.1 Å². The lowest BCUT2D eigenvalue weighted by Crippen LogP contribution is -2.29. The Hall–Kier alpha value is -3.05. The largest absolute Gasteiger partial charge is 0.472 e. The molecule has 1 heterocycles. The number of phosphoric ester groups is 1. The van der Waals surface area contributed by atoms with E-state index in [1.165, 1.54) is 24.0 Å². The van der Waals surface area contributed by atoms with Crippen LogP contribution in [0.15, 0.2) is 65.2 Å². The molecule has 4 N–H and O–H groups in total. The number of hydrogen-bond acceptors (Lipinski definition) is 10. The molecule has 3 atom stereocenters. The maximum absolute atomic E-state index is 12.6. The van der Waals surface area contributed by atoms with E-state index in [1.54, 1.807) is 6.08 Å². The molecular weight excluding hydrogens is 745 g/mol. The van der Waals surface area contributed by atoms with Gasteiger partial charge in [0.2, 0.25) is 0 Å². The number of aliphatic hydroxyl groups is 1. The molecule has 57 heavy (non-hydrogen) atoms. The van der Waals surface area contributed by atoms with Gasteiger partial charge in [0.05, 0.1) is 19.3 Å². The van der Waals surface area contributed by atoms with Gasteiger partial charge in [0.15, 0.2) is 6.10 Å². The molecule has 0 saturated heterocycles. The Morgan fingerprint density at radius 3 is 1.95 bits per heavy atom. The summed E-state index contributed by atoms with van der Waals surface area (Å²) >= 11 is 0. The average Bonchev–Trinajstić information content (AvgIpc) is 3.46. The van der Waals surface area contributed by atoms with Gasteiger partial charge >= 0.3 is 19.8 Å². The van der Waals surface area contributed by atoms with E-state index in [4.69, 9.17) is 28.7 Å². The van der Waals surface area contributed by atoms with Crippen LogP contribution in [0.25, 0.3) is 0 Å². The standard InChI is InChI=1S/C45H74NO10P/c1-5-29-42-38(3)39(4)43(56-42)31-26-22-18-15-16-19-23-27-32-44(48)52-36-41(37-54-57(50,51)53-35-34-46)55-45(49)33-28-24-20-14-12-10-8-7-9-11-13-17-21-25-30-40(47)6-2/h8-11,14,17,20-21,25,30,40-41,47H,5-7,12-13,15-16,18-19,22-24,26-29,31-37,46H2,1-4H3,(H,50,51)/b10-8-,11-9-,20-14-,21-17-,30-25+/t40-,41-/m1/s1. The Bertz CT molecular complexity index is 1410. The van der Waals surface area contributed by atoms with Crippen molar-refractivity contribution in [1.82, 2.24) is 0 Å². The molecule has 0 aliphatic rings. The van der Waals surface area contributed by atoms with Gasteiger partial charge in [-0.25, -0.2) is 4.57 Å². The number of aliphatic hydroxyl groups excluding tert-OH is 1. The van der Waals surface area contributed by atoms with Crippen molar-refractivity contribution in [3.63, 3.8) is 0 Å². The number of phosphoric acid groups is 1. The third-order valence-corrected chi connectivity index (χ3v) is 10.2. The van der Waals surface area contributed by atoms with E-state index >= 15 is 0 Å². The predicted octanol–water partition coefficient (Wildman–Crippen LogP) is 10.3. The lowest BCUT2D eigenvalue weighted by atomic mass is 10.0. The van der Waals surface area contributed by atoms with Gasteiger partial charge in [-0.2, -0.15) is 0 Å². The minimum Gasteiger partial charge on any atom is -0.466 e. The van der Waals surface area contributed by atoms with Crippen LogP contribution < -0.4 is 5.73 Å². The third kappa shape index (κ3) is 28.1. The number of carbonyl (C=O) groups excluding carboxylic acids is 2. The summed E-state index contributed by atoms with van der Waals surface area (Å²) in [6, 6.07) is 0. The van der Waals surface area contributed by atoms with E-state index in [9.17, 15) is 24.2 Å². The smallest absolute Gasteiger partial charge is 0.466 e. The predicted molar refractivity (Wildman–Crippen MR) is 229 cm³/mol. The fourth-order valence-electron chi connectivity index (χ4n) is 5.73. The van der Waals surface area contributed by atoms with Crippen molar-refractivity contribution in [2.24, 2.45) is 5.73 Å². The number of esters is 2. The highest BCUT2D eigenvalue weighted by atomic mass is 31.2. The van der Waals surface area contributed by atoms with Crippen LogP contribution in [-0.4, -0.2) is 60.5 Å². The van der Waals surface area contributed by atoms with Crippen molar-refractivity contribution in [3.05, 3.63) is 83.4 Å². The summed E-state index contributed by atoms with van der Waals surface area (Å²) in [4.78, 5) is 34.9. The minimum atomic E-state index is -4.42. The van der Waals surface area contributed by atoms with Crippen LogP contribution in [0.3, 0.4) is 0 Å². The number of carbonyl (C=O) groups is 2. The van der Waals surface area contributed by atoms with Gasteiger partial charge in [0.25, 0.3) is 0 Å². The molecule has 1 unspecified atom stereocenters. The van der Waals surface area contributed by atoms with Crippen molar-refractivity contribution in [2.45, 2.75) is 162 Å². The molecule has 0 radical (unpaired) electrons. The molecule has 324 valence electrons. The highest BCUT2D eigenvalue weighted by molar-refractivity contribution is 7.47. The van der Waals surface area contributed by atoms with E-state index in [0.717, 1.165) is 82.1 Å². The number of unbranched alkanes of at least 4 members (excludes halogenated alkanes) is 8. The zero-order chi connectivity index (χ0) is 42.0. The van der Waals surface area contributed by atoms with Crippen LogP contribution in [0.4, 0.5) is 0 Å². The SMILES string of the molecule is CCCc1oc(CCCCCCCCCCC(=O)OC[C@H](COP(=O)(O)OCCN)OC(=O)CCC/C=C\C/C=C\C/C=C\C/C=C\C=C\[C@H](O)CC)c(C)c1C. The first kappa shape index (κ1) is 52.0. The van der Waals surface area contributed by atoms with Crippen LogP contribution in [-0.2, 0) is 45.5 Å². The van der Waals surface area contributed by atoms with E-state index in [-0.39, 0.29) is 38.7 Å². The molecule has 1 aromatic heterocycles. The van der Waals surface area contributed by atoms with Crippen LogP contribution in [0, 0.1) is 13.8 Å². The molecule has 11 nitrogen and oxygen atoms in total. The molecule has 1 rings (SSSR count). The van der Waals surface area contributed by atoms with Gasteiger partial charge in [-0.05, 0) is 82.8 Å². The Morgan fingerprint density at radius 1 is 0.737 bits per heavy atom. The first-order chi connectivity index (χ1) is 27.5. The molecule has 0 aromatic carbocycles. The summed E-state index contributed by atoms with van der Waals surface area (Å²) in [7, 11) is -4.42. The summed E-state index contributed by atoms with van der Waals surface area (Å²) in [5.41, 5.74) is 7.95. The Kier molecular flexibility index (Phi) is 30.9. The van der Waals surface area contributed by atoms with Crippen LogP contribution in [0.1, 0.15) is 146 Å². The summed E-state index contributed by atoms with van der Waals surface area (Å²) in [5, 5.41) is 9.47. The zero-order valence-corrected chi connectivity index (χ0v) is 36.3. The fourth-order valence-corrected chi connectivity index (χ4v) is 6.49. The third-order valence-electron chi connectivity index (χ3n) is 9.25. The highest BCUT2D eigenvalue weighted by Gasteiger charge is 2.26. The van der Waals surface area contributed by atoms with Crippen molar-refractivity contribution in [1.29, 1.82) is 0 Å². The molecule has 0 bridgehead atoms. The van der Waals surface area contributed by atoms with Gasteiger partial charge in [-0.3, -0.25) is 18.6 Å². The number of aryl methyl sites for hydroxylation is 2. The summed E-state index contributed by atoms with van der Waals surface area (Å²) in [6.07, 6.45) is 34.9. The lowest BCUT2D eigenvalue weighted by molar-refractivity contribution is -0.161. The van der Waals surface area contributed by atoms with Gasteiger partial charge in [-0.15, -0.1) is 0 Å². The number of nitrogens with two attached hydrogens (primary N) is 1. The van der Waals surface area contributed by atoms with E-state index in [1.807, 2.05) is 37.3 Å². The zero-order valence-electron chi connectivity index (χ0n) is 35.4. The Labute approximate surface area is 343 Å². The second kappa shape index (κ2) is 33.9. The first-order valence-corrected chi connectivity index (χ1v) is 22.7. The molecule has 12 heteroatoms. The molecule has 0 spiro atoms. The van der Waals surface area contributed by atoms with E-state index in [2.05, 4.69) is 45.1 Å². The number of hydrogen-bond donors (Lipinski definition) is 3. The average molecular weight is 820 g/mol. The summed E-state index contributed by atoms with van der Waals surface area (Å²) < 4.78 is 38.8. The molecular formula is C45H74NO10P.